The van der Waals surface area contributed by atoms with Gasteiger partial charge in [-0.2, -0.15) is 0 Å². The number of fused-ring (bicyclic) bond motifs is 1. The predicted molar refractivity (Wildman–Crippen MR) is 116 cm³/mol. The number of aliphatic carboxylic acids is 1. The molecular formula is C22H30N3NaO5S. The van der Waals surface area contributed by atoms with Crippen molar-refractivity contribution >= 4 is 29.5 Å². The number of β-lactam (4-membered cyclic amide) rings is 1. The average Bonchev–Trinajstić information content (AvgIpc) is 2.95. The van der Waals surface area contributed by atoms with Gasteiger partial charge < -0.3 is 24.9 Å². The van der Waals surface area contributed by atoms with Gasteiger partial charge >= 0.3 is 29.6 Å². The van der Waals surface area contributed by atoms with E-state index in [1.54, 1.807) is 38.1 Å². The molecule has 0 saturated carbocycles. The number of carbonyl (C=O) groups is 3. The van der Waals surface area contributed by atoms with Crippen LogP contribution in [0.4, 0.5) is 0 Å². The van der Waals surface area contributed by atoms with Gasteiger partial charge in [0.15, 0.2) is 6.61 Å². The van der Waals surface area contributed by atoms with Crippen LogP contribution in [0.25, 0.3) is 0 Å². The van der Waals surface area contributed by atoms with Gasteiger partial charge in [-0.3, -0.25) is 14.5 Å². The Kier molecular flexibility index (Phi) is 8.37. The standard InChI is InChI=1S/C22H31N3O5S.Na/c1-13(2)25(14(3)4)22(23-16(26)12-30-15-10-8-7-9-11-15)19(29)24-17(18(27)28)21(5,6)31-20(22)24;/h7-11,13-14,17,20H,12H2,1-6H3,(H,23,26)(H,27,28);/q;+1/p-1/t17-,20+,22+;/m0./s1. The number of hydrogen-bond acceptors (Lipinski definition) is 7. The molecule has 1 N–H and O–H groups in total. The molecule has 2 heterocycles. The first-order valence-corrected chi connectivity index (χ1v) is 11.3. The van der Waals surface area contributed by atoms with E-state index in [0.29, 0.717) is 5.75 Å². The van der Waals surface area contributed by atoms with Crippen LogP contribution >= 0.6 is 11.8 Å². The first kappa shape index (κ1) is 27.0. The van der Waals surface area contributed by atoms with Gasteiger partial charge in [0.05, 0.1) is 12.0 Å². The first-order valence-electron chi connectivity index (χ1n) is 10.4. The maximum Gasteiger partial charge on any atom is 1.00 e. The summed E-state index contributed by atoms with van der Waals surface area (Å²) < 4.78 is 4.81. The molecule has 2 saturated heterocycles. The van der Waals surface area contributed by atoms with E-state index in [-0.39, 0.29) is 48.2 Å². The number of carboxylic acid groups (broad SMARTS) is 1. The Labute approximate surface area is 215 Å². The quantitative estimate of drug-likeness (QED) is 0.261. The molecule has 2 amide bonds. The first-order chi connectivity index (χ1) is 14.4. The van der Waals surface area contributed by atoms with Gasteiger partial charge in [-0.1, -0.05) is 18.2 Å². The van der Waals surface area contributed by atoms with Crippen molar-refractivity contribution in [1.29, 1.82) is 0 Å². The largest absolute Gasteiger partial charge is 1.00 e. The summed E-state index contributed by atoms with van der Waals surface area (Å²) in [4.78, 5) is 41.6. The van der Waals surface area contributed by atoms with Crippen molar-refractivity contribution in [1.82, 2.24) is 15.1 Å². The molecule has 1 aromatic carbocycles. The van der Waals surface area contributed by atoms with Gasteiger partial charge in [0.1, 0.15) is 11.1 Å². The summed E-state index contributed by atoms with van der Waals surface area (Å²) in [6, 6.07) is 7.72. The number of carbonyl (C=O) groups excluding carboxylic acids is 3. The van der Waals surface area contributed by atoms with Crippen LogP contribution < -0.4 is 44.7 Å². The molecule has 2 fully saturated rings. The Morgan fingerprint density at radius 3 is 2.25 bits per heavy atom. The number of nitrogens with zero attached hydrogens (tertiary/aromatic N) is 2. The number of amides is 2. The van der Waals surface area contributed by atoms with E-state index in [9.17, 15) is 19.5 Å². The fraction of sp³-hybridized carbons (Fsp3) is 0.591. The molecule has 0 aliphatic carbocycles. The topological polar surface area (TPSA) is 102 Å². The van der Waals surface area contributed by atoms with Crippen molar-refractivity contribution in [2.45, 2.75) is 75.5 Å². The molecule has 0 spiro atoms. The van der Waals surface area contributed by atoms with E-state index in [1.807, 2.05) is 38.7 Å². The third kappa shape index (κ3) is 4.55. The second kappa shape index (κ2) is 9.93. The summed E-state index contributed by atoms with van der Waals surface area (Å²) in [6.07, 6.45) is 0. The second-order valence-electron chi connectivity index (χ2n) is 9.02. The Hall–Kier alpha value is -1.26. The third-order valence-electron chi connectivity index (χ3n) is 5.71. The van der Waals surface area contributed by atoms with Gasteiger partial charge in [0, 0.05) is 16.8 Å². The summed E-state index contributed by atoms with van der Waals surface area (Å²) in [6.45, 7) is 11.1. The van der Waals surface area contributed by atoms with Crippen LogP contribution in [0.3, 0.4) is 0 Å². The van der Waals surface area contributed by atoms with Crippen molar-refractivity contribution in [2.24, 2.45) is 0 Å². The zero-order chi connectivity index (χ0) is 23.1. The Balaban J connectivity index is 0.00000363. The maximum absolute atomic E-state index is 13.6. The molecule has 8 nitrogen and oxygen atoms in total. The summed E-state index contributed by atoms with van der Waals surface area (Å²) >= 11 is 1.37. The van der Waals surface area contributed by atoms with Crippen molar-refractivity contribution in [2.75, 3.05) is 6.61 Å². The summed E-state index contributed by atoms with van der Waals surface area (Å²) in [5.41, 5.74) is -1.36. The van der Waals surface area contributed by atoms with Crippen LogP contribution in [0.15, 0.2) is 30.3 Å². The molecule has 0 unspecified atom stereocenters. The Bertz CT molecular complexity index is 858. The predicted octanol–water partition coefficient (Wildman–Crippen LogP) is -2.19. The smallest absolute Gasteiger partial charge is 0.548 e. The fourth-order valence-electron chi connectivity index (χ4n) is 4.77. The third-order valence-corrected chi connectivity index (χ3v) is 7.33. The monoisotopic (exact) mass is 471 g/mol. The number of nitrogens with one attached hydrogen (secondary N) is 1. The summed E-state index contributed by atoms with van der Waals surface area (Å²) in [5, 5.41) is 14.2. The molecule has 0 aromatic heterocycles. The van der Waals surface area contributed by atoms with Gasteiger partial charge in [0.25, 0.3) is 11.8 Å². The van der Waals surface area contributed by atoms with Gasteiger partial charge in [-0.05, 0) is 53.7 Å². The van der Waals surface area contributed by atoms with Gasteiger partial charge in [0.2, 0.25) is 5.66 Å². The number of hydrogen-bond donors (Lipinski definition) is 1. The number of thioether (sulfide) groups is 1. The number of carboxylic acids is 1. The minimum Gasteiger partial charge on any atom is -0.548 e. The normalized spacial score (nSPS) is 25.9. The molecule has 10 heteroatoms. The zero-order valence-electron chi connectivity index (χ0n) is 19.7. The van der Waals surface area contributed by atoms with Gasteiger partial charge in [-0.15, -0.1) is 11.8 Å². The number of ether oxygens (including phenoxy) is 1. The van der Waals surface area contributed by atoms with E-state index >= 15 is 0 Å². The molecule has 2 aliphatic heterocycles. The van der Waals surface area contributed by atoms with Crippen LogP contribution in [0.1, 0.15) is 41.5 Å². The summed E-state index contributed by atoms with van der Waals surface area (Å²) in [5.74, 6) is -1.62. The van der Waals surface area contributed by atoms with E-state index in [2.05, 4.69) is 5.32 Å². The Morgan fingerprint density at radius 1 is 1.19 bits per heavy atom. The fourth-order valence-corrected chi connectivity index (χ4v) is 6.46. The van der Waals surface area contributed by atoms with Crippen LogP contribution in [0.2, 0.25) is 0 Å². The van der Waals surface area contributed by atoms with E-state index in [1.165, 1.54) is 16.7 Å². The number of para-hydroxylation sites is 1. The molecule has 0 bridgehead atoms. The van der Waals surface area contributed by atoms with Crippen molar-refractivity contribution < 1.29 is 53.8 Å². The molecule has 32 heavy (non-hydrogen) atoms. The minimum absolute atomic E-state index is 0. The molecule has 2 aliphatic rings. The van der Waals surface area contributed by atoms with E-state index < -0.39 is 39.6 Å². The van der Waals surface area contributed by atoms with Crippen molar-refractivity contribution in [3.63, 3.8) is 0 Å². The SMILES string of the molecule is CC(C)N(C(C)C)[C@]1(NC(=O)COc2ccccc2)C(=O)N2[C@@H](C(=O)[O-])C(C)(C)S[C@@H]21.[Na+]. The molecule has 0 radical (unpaired) electrons. The molecule has 1 aromatic rings. The molecular weight excluding hydrogens is 441 g/mol. The van der Waals surface area contributed by atoms with E-state index in [4.69, 9.17) is 4.74 Å². The summed E-state index contributed by atoms with van der Waals surface area (Å²) in [7, 11) is 0. The minimum atomic E-state index is -1.36. The second-order valence-corrected chi connectivity index (χ2v) is 10.8. The van der Waals surface area contributed by atoms with Crippen LogP contribution in [0, 0.1) is 0 Å². The van der Waals surface area contributed by atoms with Crippen LogP contribution in [0.5, 0.6) is 5.75 Å². The number of benzene rings is 1. The molecule has 3 atom stereocenters. The van der Waals surface area contributed by atoms with Crippen molar-refractivity contribution in [3.05, 3.63) is 30.3 Å². The van der Waals surface area contributed by atoms with E-state index in [0.717, 1.165) is 0 Å². The van der Waals surface area contributed by atoms with Crippen LogP contribution in [-0.4, -0.2) is 68.1 Å². The maximum atomic E-state index is 13.6. The van der Waals surface area contributed by atoms with Crippen LogP contribution in [-0.2, 0) is 14.4 Å². The number of rotatable bonds is 8. The molecule has 170 valence electrons. The van der Waals surface area contributed by atoms with Crippen molar-refractivity contribution in [3.8, 4) is 5.75 Å². The molecule has 3 rings (SSSR count). The van der Waals surface area contributed by atoms with Gasteiger partial charge in [-0.25, -0.2) is 0 Å². The average molecular weight is 472 g/mol. The zero-order valence-corrected chi connectivity index (χ0v) is 22.6. The Morgan fingerprint density at radius 2 is 1.75 bits per heavy atom.